The summed E-state index contributed by atoms with van der Waals surface area (Å²) < 4.78 is 45.4. The molecule has 7 nitrogen and oxygen atoms in total. The number of hydrogen-bond acceptors (Lipinski definition) is 7. The Kier molecular flexibility index (Phi) is 8.25. The van der Waals surface area contributed by atoms with E-state index in [4.69, 9.17) is 4.74 Å². The lowest BCUT2D eigenvalue weighted by atomic mass is 10.2. The molecule has 1 saturated heterocycles. The predicted octanol–water partition coefficient (Wildman–Crippen LogP) is 3.74. The molecule has 0 N–H and O–H groups in total. The highest BCUT2D eigenvalue weighted by molar-refractivity contribution is 7.91. The number of ether oxygens (including phenoxy) is 1. The molecule has 1 aliphatic heterocycles. The zero-order valence-corrected chi connectivity index (χ0v) is 20.5. The van der Waals surface area contributed by atoms with Gasteiger partial charge in [0.2, 0.25) is 5.91 Å². The van der Waals surface area contributed by atoms with Gasteiger partial charge in [-0.25, -0.2) is 17.8 Å². The lowest BCUT2D eigenvalue weighted by Gasteiger charge is -2.27. The van der Waals surface area contributed by atoms with Gasteiger partial charge in [-0.1, -0.05) is 35.6 Å². The van der Waals surface area contributed by atoms with Crippen LogP contribution in [0.3, 0.4) is 0 Å². The van der Waals surface area contributed by atoms with Gasteiger partial charge in [-0.2, -0.15) is 0 Å². The average Bonchev–Trinajstić information content (AvgIpc) is 3.28. The van der Waals surface area contributed by atoms with Crippen molar-refractivity contribution in [2.75, 3.05) is 50.0 Å². The van der Waals surface area contributed by atoms with Crippen LogP contribution in [0.5, 0.6) is 0 Å². The molecule has 3 aromatic rings. The molecule has 0 spiro atoms. The van der Waals surface area contributed by atoms with Gasteiger partial charge in [-0.3, -0.25) is 14.6 Å². The molecular weight excluding hydrogens is 477 g/mol. The molecular formula is C24H28FN3O4S2. The number of morpholine rings is 1. The molecule has 4 rings (SSSR count). The molecule has 2 aromatic carbocycles. The number of benzene rings is 2. The van der Waals surface area contributed by atoms with Crippen LogP contribution in [0.4, 0.5) is 9.52 Å². The minimum atomic E-state index is -3.46. The molecule has 1 aliphatic rings. The molecule has 0 saturated carbocycles. The third-order valence-corrected chi connectivity index (χ3v) is 8.62. The number of para-hydroxylation sites is 1. The fourth-order valence-corrected chi connectivity index (χ4v) is 6.27. The molecule has 2 heterocycles. The first-order chi connectivity index (χ1) is 16.4. The summed E-state index contributed by atoms with van der Waals surface area (Å²) >= 11 is 1.27. The number of nitrogens with zero attached hydrogens (tertiary/aromatic N) is 3. The van der Waals surface area contributed by atoms with Crippen LogP contribution < -0.4 is 4.90 Å². The second-order valence-electron chi connectivity index (χ2n) is 8.17. The first-order valence-electron chi connectivity index (χ1n) is 11.4. The number of sulfone groups is 1. The topological polar surface area (TPSA) is 79.8 Å². The summed E-state index contributed by atoms with van der Waals surface area (Å²) in [5.74, 6) is -0.738. The third kappa shape index (κ3) is 6.18. The Morgan fingerprint density at radius 3 is 2.59 bits per heavy atom. The van der Waals surface area contributed by atoms with Crippen LogP contribution in [0.1, 0.15) is 19.3 Å². The Labute approximate surface area is 203 Å². The van der Waals surface area contributed by atoms with E-state index < -0.39 is 15.7 Å². The highest BCUT2D eigenvalue weighted by Gasteiger charge is 2.22. The second-order valence-corrected chi connectivity index (χ2v) is 11.3. The van der Waals surface area contributed by atoms with E-state index in [1.807, 2.05) is 0 Å². The number of halogens is 1. The minimum absolute atomic E-state index is 0.0715. The molecule has 1 aromatic heterocycles. The Balaban J connectivity index is 1.43. The number of fused-ring (bicyclic) bond motifs is 1. The van der Waals surface area contributed by atoms with Crippen molar-refractivity contribution in [3.8, 4) is 0 Å². The molecule has 0 radical (unpaired) electrons. The Bertz CT molecular complexity index is 1210. The van der Waals surface area contributed by atoms with Crippen LogP contribution in [0.25, 0.3) is 10.2 Å². The highest BCUT2D eigenvalue weighted by atomic mass is 32.2. The quantitative estimate of drug-likeness (QED) is 0.418. The van der Waals surface area contributed by atoms with Gasteiger partial charge in [0.05, 0.1) is 28.6 Å². The van der Waals surface area contributed by atoms with E-state index in [9.17, 15) is 17.6 Å². The molecule has 1 amide bonds. The summed E-state index contributed by atoms with van der Waals surface area (Å²) in [5, 5.41) is 0.443. The molecule has 34 heavy (non-hydrogen) atoms. The maximum absolute atomic E-state index is 14.2. The molecule has 182 valence electrons. The lowest BCUT2D eigenvalue weighted by molar-refractivity contribution is -0.118. The van der Waals surface area contributed by atoms with E-state index in [0.717, 1.165) is 26.1 Å². The normalized spacial score (nSPS) is 15.0. The van der Waals surface area contributed by atoms with Gasteiger partial charge in [0.15, 0.2) is 15.0 Å². The van der Waals surface area contributed by atoms with Crippen LogP contribution in [-0.4, -0.2) is 69.4 Å². The Morgan fingerprint density at radius 2 is 1.85 bits per heavy atom. The van der Waals surface area contributed by atoms with Crippen LogP contribution in [0.2, 0.25) is 0 Å². The van der Waals surface area contributed by atoms with Crippen LogP contribution in [0.15, 0.2) is 53.4 Å². The van der Waals surface area contributed by atoms with E-state index in [-0.39, 0.29) is 34.9 Å². The lowest BCUT2D eigenvalue weighted by Crippen LogP contribution is -2.39. The van der Waals surface area contributed by atoms with Gasteiger partial charge >= 0.3 is 0 Å². The van der Waals surface area contributed by atoms with Crippen molar-refractivity contribution in [1.82, 2.24) is 9.88 Å². The number of anilines is 1. The van der Waals surface area contributed by atoms with Crippen molar-refractivity contribution < 1.29 is 22.3 Å². The number of hydrogen-bond donors (Lipinski definition) is 0. The maximum atomic E-state index is 14.2. The average molecular weight is 506 g/mol. The van der Waals surface area contributed by atoms with Crippen molar-refractivity contribution in [2.45, 2.75) is 24.2 Å². The monoisotopic (exact) mass is 505 g/mol. The van der Waals surface area contributed by atoms with E-state index >= 15 is 0 Å². The number of rotatable bonds is 10. The largest absolute Gasteiger partial charge is 0.379 e. The standard InChI is InChI=1S/C24H28FN3O4S2/c25-20-9-4-10-21-23(20)26-24(33-21)28(13-6-12-27-14-16-32-17-15-27)22(29)11-5-18-34(30,31)19-7-2-1-3-8-19/h1-4,7-10H,5-6,11-18H2. The smallest absolute Gasteiger partial charge is 0.228 e. The van der Waals surface area contributed by atoms with E-state index in [2.05, 4.69) is 9.88 Å². The van der Waals surface area contributed by atoms with Gasteiger partial charge in [0.25, 0.3) is 0 Å². The summed E-state index contributed by atoms with van der Waals surface area (Å²) in [6.45, 7) is 4.37. The maximum Gasteiger partial charge on any atom is 0.228 e. The van der Waals surface area contributed by atoms with Crippen LogP contribution >= 0.6 is 11.3 Å². The van der Waals surface area contributed by atoms with Gasteiger partial charge in [0, 0.05) is 32.6 Å². The fourth-order valence-electron chi connectivity index (χ4n) is 3.92. The van der Waals surface area contributed by atoms with Gasteiger partial charge in [-0.05, 0) is 37.1 Å². The number of carbonyl (C=O) groups is 1. The summed E-state index contributed by atoms with van der Waals surface area (Å²) in [7, 11) is -3.46. The van der Waals surface area contributed by atoms with Crippen molar-refractivity contribution in [3.63, 3.8) is 0 Å². The van der Waals surface area contributed by atoms with Crippen molar-refractivity contribution in [1.29, 1.82) is 0 Å². The number of aromatic nitrogens is 1. The zero-order valence-electron chi connectivity index (χ0n) is 18.9. The summed E-state index contributed by atoms with van der Waals surface area (Å²) in [4.78, 5) is 21.7. The summed E-state index contributed by atoms with van der Waals surface area (Å²) in [5.41, 5.74) is 0.250. The zero-order chi connectivity index (χ0) is 24.0. The van der Waals surface area contributed by atoms with E-state index in [1.54, 1.807) is 47.4 Å². The number of thiazole rings is 1. The minimum Gasteiger partial charge on any atom is -0.379 e. The van der Waals surface area contributed by atoms with Crippen molar-refractivity contribution in [3.05, 3.63) is 54.3 Å². The van der Waals surface area contributed by atoms with Crippen LogP contribution in [-0.2, 0) is 19.4 Å². The highest BCUT2D eigenvalue weighted by Crippen LogP contribution is 2.31. The van der Waals surface area contributed by atoms with Gasteiger partial charge in [-0.15, -0.1) is 0 Å². The summed E-state index contributed by atoms with van der Waals surface area (Å²) in [6, 6.07) is 13.0. The summed E-state index contributed by atoms with van der Waals surface area (Å²) in [6.07, 6.45) is 1.00. The molecule has 1 fully saturated rings. The second kappa shape index (κ2) is 11.4. The molecule has 0 atom stereocenters. The van der Waals surface area contributed by atoms with Crippen molar-refractivity contribution >= 4 is 42.4 Å². The fraction of sp³-hybridized carbons (Fsp3) is 0.417. The Morgan fingerprint density at radius 1 is 1.09 bits per heavy atom. The first kappa shape index (κ1) is 24.7. The van der Waals surface area contributed by atoms with Crippen LogP contribution in [0, 0.1) is 5.82 Å². The molecule has 0 bridgehead atoms. The molecule has 0 unspecified atom stereocenters. The number of carbonyl (C=O) groups excluding carboxylic acids is 1. The van der Waals surface area contributed by atoms with Crippen molar-refractivity contribution in [2.24, 2.45) is 0 Å². The first-order valence-corrected chi connectivity index (χ1v) is 13.8. The predicted molar refractivity (Wildman–Crippen MR) is 132 cm³/mol. The molecule has 0 aliphatic carbocycles. The molecule has 10 heteroatoms. The van der Waals surface area contributed by atoms with Gasteiger partial charge < -0.3 is 4.74 Å². The Hall–Kier alpha value is -2.40. The van der Waals surface area contributed by atoms with E-state index in [1.165, 1.54) is 17.4 Å². The van der Waals surface area contributed by atoms with Gasteiger partial charge in [0.1, 0.15) is 11.3 Å². The third-order valence-electron chi connectivity index (χ3n) is 5.76. The number of amides is 1. The SMILES string of the molecule is O=C(CCCS(=O)(=O)c1ccccc1)N(CCCN1CCOCC1)c1nc2c(F)cccc2s1. The van der Waals surface area contributed by atoms with E-state index in [0.29, 0.717) is 29.6 Å².